The summed E-state index contributed by atoms with van der Waals surface area (Å²) in [4.78, 5) is 14.4. The van der Waals surface area contributed by atoms with E-state index in [2.05, 4.69) is 10.3 Å². The highest BCUT2D eigenvalue weighted by molar-refractivity contribution is 5.89. The predicted octanol–water partition coefficient (Wildman–Crippen LogP) is 2.08. The van der Waals surface area contributed by atoms with E-state index in [1.54, 1.807) is 6.21 Å². The molecule has 4 heteroatoms. The molecule has 1 aromatic rings. The van der Waals surface area contributed by atoms with Crippen LogP contribution < -0.4 is 5.01 Å². The van der Waals surface area contributed by atoms with Crippen molar-refractivity contribution in [1.29, 1.82) is 0 Å². The summed E-state index contributed by atoms with van der Waals surface area (Å²) >= 11 is 0. The van der Waals surface area contributed by atoms with E-state index in [4.69, 9.17) is 0 Å². The van der Waals surface area contributed by atoms with E-state index in [1.807, 2.05) is 24.3 Å². The van der Waals surface area contributed by atoms with Gasteiger partial charge in [0.25, 0.3) is 0 Å². The van der Waals surface area contributed by atoms with Crippen molar-refractivity contribution in [3.05, 3.63) is 47.1 Å². The highest BCUT2D eigenvalue weighted by Gasteiger charge is 2.08. The molecule has 1 aliphatic heterocycles. The molecule has 0 aliphatic carbocycles. The summed E-state index contributed by atoms with van der Waals surface area (Å²) in [6, 6.07) is 7.44. The van der Waals surface area contributed by atoms with Gasteiger partial charge in [0, 0.05) is 18.0 Å². The van der Waals surface area contributed by atoms with Gasteiger partial charge in [0.1, 0.15) is 0 Å². The molecule has 1 aliphatic rings. The Kier molecular flexibility index (Phi) is 1.88. The van der Waals surface area contributed by atoms with Gasteiger partial charge in [0.2, 0.25) is 0 Å². The molecular weight excluding hydrogens is 166 g/mol. The second kappa shape index (κ2) is 3.18. The number of fused-ring (bicyclic) bond motifs is 1. The van der Waals surface area contributed by atoms with Crippen LogP contribution in [0.15, 0.2) is 46.9 Å². The zero-order valence-electron chi connectivity index (χ0n) is 6.79. The van der Waals surface area contributed by atoms with E-state index >= 15 is 0 Å². The summed E-state index contributed by atoms with van der Waals surface area (Å²) in [5, 5.41) is 4.12. The molecule has 0 atom stereocenters. The fraction of sp³-hybridized carbons (Fsp3) is 0. The van der Waals surface area contributed by atoms with E-state index in [-0.39, 0.29) is 0 Å². The Bertz CT molecular complexity index is 384. The maximum Gasteiger partial charge on any atom is 0.0766 e. The van der Waals surface area contributed by atoms with Crippen molar-refractivity contribution in [3.63, 3.8) is 0 Å². The van der Waals surface area contributed by atoms with Crippen molar-refractivity contribution in [2.24, 2.45) is 10.3 Å². The van der Waals surface area contributed by atoms with Crippen LogP contribution in [-0.4, -0.2) is 6.21 Å². The number of para-hydroxylation sites is 1. The number of rotatable bonds is 1. The molecule has 0 saturated carbocycles. The second-order valence-electron chi connectivity index (χ2n) is 2.56. The van der Waals surface area contributed by atoms with Gasteiger partial charge in [-0.3, -0.25) is 4.99 Å². The van der Waals surface area contributed by atoms with Crippen molar-refractivity contribution < 1.29 is 0 Å². The third-order valence-electron chi connectivity index (χ3n) is 1.78. The first-order valence-corrected chi connectivity index (χ1v) is 3.83. The third kappa shape index (κ3) is 1.33. The maximum atomic E-state index is 10.4. The summed E-state index contributed by atoms with van der Waals surface area (Å²) in [7, 11) is 0. The smallest absolute Gasteiger partial charge is 0.0766 e. The van der Waals surface area contributed by atoms with Gasteiger partial charge >= 0.3 is 0 Å². The molecule has 0 aromatic heterocycles. The Morgan fingerprint density at radius 2 is 2.15 bits per heavy atom. The zero-order valence-corrected chi connectivity index (χ0v) is 6.79. The molecular formula is C9H7N3O. The molecule has 0 bridgehead atoms. The van der Waals surface area contributed by atoms with Crippen LogP contribution in [0.5, 0.6) is 0 Å². The molecule has 0 unspecified atom stereocenters. The van der Waals surface area contributed by atoms with Crippen LogP contribution in [0.2, 0.25) is 0 Å². The van der Waals surface area contributed by atoms with E-state index in [0.717, 1.165) is 11.3 Å². The Balaban J connectivity index is 2.56. The second-order valence-corrected chi connectivity index (χ2v) is 2.56. The lowest BCUT2D eigenvalue weighted by Gasteiger charge is -2.10. The van der Waals surface area contributed by atoms with Crippen LogP contribution in [-0.2, 0) is 0 Å². The van der Waals surface area contributed by atoms with Gasteiger partial charge in [-0.2, -0.15) is 0 Å². The lowest BCUT2D eigenvalue weighted by Crippen LogP contribution is -2.06. The molecule has 0 saturated heterocycles. The minimum Gasteiger partial charge on any atom is -0.262 e. The van der Waals surface area contributed by atoms with Crippen LogP contribution in [0.4, 0.5) is 5.69 Å². The lowest BCUT2D eigenvalue weighted by atomic mass is 10.2. The molecule has 13 heavy (non-hydrogen) atoms. The van der Waals surface area contributed by atoms with Gasteiger partial charge < -0.3 is 0 Å². The Labute approximate surface area is 75.2 Å². The number of hydrogen-bond acceptors (Lipinski definition) is 3. The van der Waals surface area contributed by atoms with E-state index in [1.165, 1.54) is 17.4 Å². The molecule has 1 heterocycles. The highest BCUT2D eigenvalue weighted by Crippen LogP contribution is 2.20. The molecule has 0 fully saturated rings. The van der Waals surface area contributed by atoms with Gasteiger partial charge in [-0.15, -0.1) is 4.91 Å². The fourth-order valence-corrected chi connectivity index (χ4v) is 1.18. The predicted molar refractivity (Wildman–Crippen MR) is 51.5 cm³/mol. The molecule has 0 N–H and O–H groups in total. The van der Waals surface area contributed by atoms with Crippen LogP contribution in [0.25, 0.3) is 0 Å². The average Bonchev–Trinajstić information content (AvgIpc) is 2.39. The van der Waals surface area contributed by atoms with Crippen molar-refractivity contribution >= 4 is 11.9 Å². The SMILES string of the molecule is O=NN1C=CN=Cc2ccccc21. The number of nitrogens with zero attached hydrogens (tertiary/aromatic N) is 3. The first-order chi connectivity index (χ1) is 6.42. The van der Waals surface area contributed by atoms with Crippen molar-refractivity contribution in [2.45, 2.75) is 0 Å². The van der Waals surface area contributed by atoms with Gasteiger partial charge in [0.05, 0.1) is 17.2 Å². The van der Waals surface area contributed by atoms with Crippen LogP contribution in [0, 0.1) is 4.91 Å². The first-order valence-electron chi connectivity index (χ1n) is 3.83. The Morgan fingerprint density at radius 1 is 1.31 bits per heavy atom. The number of aliphatic imine (C=N–C) groups is 1. The third-order valence-corrected chi connectivity index (χ3v) is 1.78. The minimum atomic E-state index is 0.745. The molecule has 1 aromatic carbocycles. The monoisotopic (exact) mass is 173 g/mol. The van der Waals surface area contributed by atoms with Crippen LogP contribution in [0.1, 0.15) is 5.56 Å². The minimum absolute atomic E-state index is 0.745. The summed E-state index contributed by atoms with van der Waals surface area (Å²) in [6.45, 7) is 0. The highest BCUT2D eigenvalue weighted by atomic mass is 16.3. The molecule has 0 amide bonds. The van der Waals surface area contributed by atoms with Crippen molar-refractivity contribution in [1.82, 2.24) is 0 Å². The quantitative estimate of drug-likeness (QED) is 0.610. The maximum absolute atomic E-state index is 10.4. The average molecular weight is 173 g/mol. The fourth-order valence-electron chi connectivity index (χ4n) is 1.18. The number of benzene rings is 1. The standard InChI is InChI=1S/C9H7N3O/c13-11-12-6-5-10-7-8-3-1-2-4-9(8)12/h1-7H. The molecule has 64 valence electrons. The van der Waals surface area contributed by atoms with E-state index < -0.39 is 0 Å². The van der Waals surface area contributed by atoms with Gasteiger partial charge in [0.15, 0.2) is 0 Å². The molecule has 4 nitrogen and oxygen atoms in total. The largest absolute Gasteiger partial charge is 0.262 e. The topological polar surface area (TPSA) is 45.0 Å². The van der Waals surface area contributed by atoms with Gasteiger partial charge in [-0.1, -0.05) is 18.2 Å². The van der Waals surface area contributed by atoms with Crippen LogP contribution >= 0.6 is 0 Å². The van der Waals surface area contributed by atoms with Crippen LogP contribution in [0.3, 0.4) is 0 Å². The van der Waals surface area contributed by atoms with Crippen molar-refractivity contribution in [2.75, 3.05) is 5.01 Å². The van der Waals surface area contributed by atoms with Gasteiger partial charge in [-0.25, -0.2) is 5.01 Å². The van der Waals surface area contributed by atoms with Gasteiger partial charge in [-0.05, 0) is 6.07 Å². The number of nitroso groups, excluding NO2 is 1. The molecule has 2 rings (SSSR count). The van der Waals surface area contributed by atoms with E-state index in [0.29, 0.717) is 0 Å². The van der Waals surface area contributed by atoms with Crippen molar-refractivity contribution in [3.8, 4) is 0 Å². The number of hydrogen-bond donors (Lipinski definition) is 0. The Hall–Kier alpha value is -1.97. The summed E-state index contributed by atoms with van der Waals surface area (Å²) in [5.41, 5.74) is 1.63. The Morgan fingerprint density at radius 3 is 3.00 bits per heavy atom. The lowest BCUT2D eigenvalue weighted by molar-refractivity contribution is 1.06. The molecule has 0 spiro atoms. The molecule has 0 radical (unpaired) electrons. The first kappa shape index (κ1) is 7.67. The zero-order chi connectivity index (χ0) is 9.10. The summed E-state index contributed by atoms with van der Waals surface area (Å²) in [6.07, 6.45) is 4.74. The summed E-state index contributed by atoms with van der Waals surface area (Å²) in [5.74, 6) is 0. The summed E-state index contributed by atoms with van der Waals surface area (Å²) < 4.78 is 0. The number of anilines is 1. The normalized spacial score (nSPS) is 13.7. The van der Waals surface area contributed by atoms with E-state index in [9.17, 15) is 4.91 Å².